The summed E-state index contributed by atoms with van der Waals surface area (Å²) in [7, 11) is 0. The molecule has 0 aliphatic rings. The second-order valence-corrected chi connectivity index (χ2v) is 7.09. The highest BCUT2D eigenvalue weighted by Crippen LogP contribution is 2.25. The third-order valence-electron chi connectivity index (χ3n) is 3.31. The molecule has 0 bridgehead atoms. The molecule has 0 unspecified atom stereocenters. The largest absolute Gasteiger partial charge is 0.298 e. The molecule has 1 heterocycles. The third-order valence-corrected chi connectivity index (χ3v) is 4.79. The normalized spacial score (nSPS) is 10.7. The van der Waals surface area contributed by atoms with E-state index < -0.39 is 17.5 Å². The Kier molecular flexibility index (Phi) is 5.32. The predicted molar refractivity (Wildman–Crippen MR) is 95.7 cm³/mol. The molecule has 128 valence electrons. The molecule has 0 aliphatic carbocycles. The Balaban J connectivity index is 1.72. The minimum absolute atomic E-state index is 0.242. The minimum Gasteiger partial charge on any atom is -0.298 e. The minimum atomic E-state index is -0.897. The van der Waals surface area contributed by atoms with Crippen LogP contribution in [0.3, 0.4) is 0 Å². The zero-order valence-electron chi connectivity index (χ0n) is 12.5. The summed E-state index contributed by atoms with van der Waals surface area (Å²) in [6.07, 6.45) is 1.95. The number of aromatic nitrogens is 1. The number of carbonyl (C=O) groups excluding carboxylic acids is 1. The average Bonchev–Trinajstić information content (AvgIpc) is 3.00. The molecule has 1 N–H and O–H groups in total. The highest BCUT2D eigenvalue weighted by molar-refractivity contribution is 7.15. The monoisotopic (exact) mass is 398 g/mol. The van der Waals surface area contributed by atoms with E-state index >= 15 is 0 Å². The molecule has 0 spiro atoms. The van der Waals surface area contributed by atoms with E-state index in [1.54, 1.807) is 12.3 Å². The van der Waals surface area contributed by atoms with E-state index in [1.165, 1.54) is 29.5 Å². The first-order valence-electron chi connectivity index (χ1n) is 7.07. The van der Waals surface area contributed by atoms with Crippen LogP contribution in [0.2, 0.25) is 10.0 Å². The van der Waals surface area contributed by atoms with Crippen molar-refractivity contribution in [3.8, 4) is 0 Å². The summed E-state index contributed by atoms with van der Waals surface area (Å²) in [5, 5.41) is 3.69. The second-order valence-electron chi connectivity index (χ2n) is 5.14. The van der Waals surface area contributed by atoms with Crippen LogP contribution in [0.1, 0.15) is 20.8 Å². The summed E-state index contributed by atoms with van der Waals surface area (Å²) in [5.41, 5.74) is 0.852. The predicted octanol–water partition coefficient (Wildman–Crippen LogP) is 5.57. The second kappa shape index (κ2) is 7.47. The van der Waals surface area contributed by atoms with Crippen molar-refractivity contribution < 1.29 is 13.6 Å². The molecule has 1 amide bonds. The SMILES string of the molecule is O=C(Nc1ncc(Cc2ccc(F)c(F)c2)s1)c1cc(Cl)ccc1Cl. The molecule has 0 saturated heterocycles. The standard InChI is InChI=1S/C17H10Cl2F2N2OS/c18-10-2-3-13(19)12(7-10)16(24)23-17-22-8-11(25-17)5-9-1-4-14(20)15(21)6-9/h1-4,6-8H,5H2,(H,22,23,24). The maximum atomic E-state index is 13.2. The van der Waals surface area contributed by atoms with Crippen LogP contribution >= 0.6 is 34.5 Å². The first kappa shape index (κ1) is 17.8. The van der Waals surface area contributed by atoms with Gasteiger partial charge >= 0.3 is 0 Å². The van der Waals surface area contributed by atoms with Crippen molar-refractivity contribution in [3.05, 3.63) is 80.3 Å². The highest BCUT2D eigenvalue weighted by atomic mass is 35.5. The van der Waals surface area contributed by atoms with Crippen LogP contribution in [0, 0.1) is 11.6 Å². The maximum Gasteiger partial charge on any atom is 0.259 e. The number of halogens is 4. The van der Waals surface area contributed by atoms with Crippen molar-refractivity contribution in [2.45, 2.75) is 6.42 Å². The molecule has 25 heavy (non-hydrogen) atoms. The first-order chi connectivity index (χ1) is 11.9. The van der Waals surface area contributed by atoms with E-state index in [2.05, 4.69) is 10.3 Å². The Labute approximate surface area is 156 Å². The van der Waals surface area contributed by atoms with Gasteiger partial charge in [0.25, 0.3) is 5.91 Å². The maximum absolute atomic E-state index is 13.2. The first-order valence-corrected chi connectivity index (χ1v) is 8.64. The topological polar surface area (TPSA) is 42.0 Å². The number of rotatable bonds is 4. The van der Waals surface area contributed by atoms with Crippen LogP contribution < -0.4 is 5.32 Å². The van der Waals surface area contributed by atoms with Crippen molar-refractivity contribution in [2.24, 2.45) is 0 Å². The van der Waals surface area contributed by atoms with Gasteiger partial charge in [0.1, 0.15) is 0 Å². The lowest BCUT2D eigenvalue weighted by molar-refractivity contribution is 0.102. The van der Waals surface area contributed by atoms with Crippen molar-refractivity contribution in [1.82, 2.24) is 4.98 Å². The fourth-order valence-electron chi connectivity index (χ4n) is 2.13. The molecule has 0 fully saturated rings. The molecule has 3 rings (SSSR count). The van der Waals surface area contributed by atoms with Gasteiger partial charge in [0.05, 0.1) is 10.6 Å². The summed E-state index contributed by atoms with van der Waals surface area (Å²) < 4.78 is 26.2. The lowest BCUT2D eigenvalue weighted by atomic mass is 10.1. The van der Waals surface area contributed by atoms with Gasteiger partial charge in [-0.05, 0) is 35.9 Å². The summed E-state index contributed by atoms with van der Waals surface area (Å²) in [6.45, 7) is 0. The highest BCUT2D eigenvalue weighted by Gasteiger charge is 2.13. The van der Waals surface area contributed by atoms with E-state index in [9.17, 15) is 13.6 Å². The average molecular weight is 399 g/mol. The molecule has 0 saturated carbocycles. The Morgan fingerprint density at radius 3 is 2.68 bits per heavy atom. The fraction of sp³-hybridized carbons (Fsp3) is 0.0588. The Bertz CT molecular complexity index is 946. The van der Waals surface area contributed by atoms with Gasteiger partial charge in [-0.25, -0.2) is 13.8 Å². The Morgan fingerprint density at radius 2 is 1.92 bits per heavy atom. The van der Waals surface area contributed by atoms with Gasteiger partial charge in [-0.3, -0.25) is 10.1 Å². The van der Waals surface area contributed by atoms with Gasteiger partial charge < -0.3 is 0 Å². The molecule has 8 heteroatoms. The van der Waals surface area contributed by atoms with Crippen LogP contribution in [-0.4, -0.2) is 10.9 Å². The summed E-state index contributed by atoms with van der Waals surface area (Å²) in [6, 6.07) is 8.31. The number of benzene rings is 2. The summed E-state index contributed by atoms with van der Waals surface area (Å²) >= 11 is 13.1. The van der Waals surface area contributed by atoms with Crippen LogP contribution in [0.4, 0.5) is 13.9 Å². The Hall–Kier alpha value is -2.02. The fourth-order valence-corrected chi connectivity index (χ4v) is 3.35. The van der Waals surface area contributed by atoms with Gasteiger partial charge in [0.2, 0.25) is 0 Å². The molecular formula is C17H10Cl2F2N2OS. The van der Waals surface area contributed by atoms with Crippen molar-refractivity contribution in [3.63, 3.8) is 0 Å². The zero-order valence-corrected chi connectivity index (χ0v) is 14.9. The smallest absolute Gasteiger partial charge is 0.259 e. The number of hydrogen-bond acceptors (Lipinski definition) is 3. The molecule has 3 aromatic rings. The van der Waals surface area contributed by atoms with Crippen molar-refractivity contribution >= 4 is 45.6 Å². The van der Waals surface area contributed by atoms with Crippen molar-refractivity contribution in [2.75, 3.05) is 5.32 Å². The Morgan fingerprint density at radius 1 is 1.12 bits per heavy atom. The molecule has 1 aromatic heterocycles. The third kappa shape index (κ3) is 4.34. The summed E-state index contributed by atoms with van der Waals surface area (Å²) in [4.78, 5) is 17.2. The number of thiazole rings is 1. The molecule has 0 radical (unpaired) electrons. The van der Waals surface area contributed by atoms with E-state index in [4.69, 9.17) is 23.2 Å². The van der Waals surface area contributed by atoms with Crippen LogP contribution in [0.15, 0.2) is 42.6 Å². The van der Waals surface area contributed by atoms with Gasteiger partial charge in [0.15, 0.2) is 16.8 Å². The molecule has 0 aliphatic heterocycles. The van der Waals surface area contributed by atoms with E-state index in [1.807, 2.05) is 0 Å². The van der Waals surface area contributed by atoms with Crippen molar-refractivity contribution in [1.29, 1.82) is 0 Å². The van der Waals surface area contributed by atoms with E-state index in [0.717, 1.165) is 17.0 Å². The zero-order chi connectivity index (χ0) is 18.0. The van der Waals surface area contributed by atoms with Gasteiger partial charge in [-0.2, -0.15) is 0 Å². The van der Waals surface area contributed by atoms with E-state index in [-0.39, 0.29) is 10.6 Å². The van der Waals surface area contributed by atoms with Gasteiger partial charge in [-0.1, -0.05) is 29.3 Å². The van der Waals surface area contributed by atoms with Gasteiger partial charge in [0, 0.05) is 22.5 Å². The lowest BCUT2D eigenvalue weighted by Crippen LogP contribution is -2.12. The number of nitrogens with one attached hydrogen (secondary N) is 1. The van der Waals surface area contributed by atoms with E-state index in [0.29, 0.717) is 22.1 Å². The number of nitrogens with zero attached hydrogens (tertiary/aromatic N) is 1. The molecule has 3 nitrogen and oxygen atoms in total. The van der Waals surface area contributed by atoms with Crippen LogP contribution in [-0.2, 0) is 6.42 Å². The molecular weight excluding hydrogens is 389 g/mol. The van der Waals surface area contributed by atoms with Gasteiger partial charge in [-0.15, -0.1) is 11.3 Å². The number of amides is 1. The lowest BCUT2D eigenvalue weighted by Gasteiger charge is -2.04. The number of anilines is 1. The molecule has 0 atom stereocenters. The van der Waals surface area contributed by atoms with Crippen LogP contribution in [0.5, 0.6) is 0 Å². The molecule has 2 aromatic carbocycles. The number of carbonyl (C=O) groups is 1. The summed E-state index contributed by atoms with van der Waals surface area (Å²) in [5.74, 6) is -2.22. The van der Waals surface area contributed by atoms with Crippen LogP contribution in [0.25, 0.3) is 0 Å². The quantitative estimate of drug-likeness (QED) is 0.623. The number of hydrogen-bond donors (Lipinski definition) is 1.